The fourth-order valence-electron chi connectivity index (χ4n) is 6.07. The first kappa shape index (κ1) is 51.8. The van der Waals surface area contributed by atoms with Crippen molar-refractivity contribution in [2.75, 3.05) is 47.5 Å². The standard InChI is InChI=1S/C43H84NO8P/c1-6-8-10-12-14-16-17-18-19-20-21-22-23-24-25-26-27-28-30-31-33-35-42(45)49-39-41(40-51-53(47,48)50-38-37-44(3,4)5)52-43(46)36-34-32-29-15-13-11-9-7-2/h18-19,41H,6-17,20-40H2,1-5H3/p+1/b19-18+/t41-/m0/s1. The van der Waals surface area contributed by atoms with E-state index >= 15 is 0 Å². The second-order valence-corrected chi connectivity index (χ2v) is 17.5. The predicted molar refractivity (Wildman–Crippen MR) is 220 cm³/mol. The third kappa shape index (κ3) is 40.2. The van der Waals surface area contributed by atoms with Crippen molar-refractivity contribution in [3.8, 4) is 0 Å². The fraction of sp³-hybridized carbons (Fsp3) is 0.907. The van der Waals surface area contributed by atoms with E-state index in [4.69, 9.17) is 18.5 Å². The van der Waals surface area contributed by atoms with Crippen LogP contribution < -0.4 is 0 Å². The van der Waals surface area contributed by atoms with E-state index in [1.54, 1.807) is 0 Å². The highest BCUT2D eigenvalue weighted by Crippen LogP contribution is 2.43. The van der Waals surface area contributed by atoms with Crippen molar-refractivity contribution in [3.05, 3.63) is 12.2 Å². The van der Waals surface area contributed by atoms with Crippen molar-refractivity contribution in [3.63, 3.8) is 0 Å². The topological polar surface area (TPSA) is 108 Å². The molecule has 9 nitrogen and oxygen atoms in total. The van der Waals surface area contributed by atoms with Gasteiger partial charge in [-0.25, -0.2) is 4.57 Å². The third-order valence-corrected chi connectivity index (χ3v) is 10.5. The van der Waals surface area contributed by atoms with Gasteiger partial charge in [0.2, 0.25) is 0 Å². The van der Waals surface area contributed by atoms with Gasteiger partial charge in [0.05, 0.1) is 27.7 Å². The summed E-state index contributed by atoms with van der Waals surface area (Å²) in [6.45, 7) is 4.40. The van der Waals surface area contributed by atoms with Crippen molar-refractivity contribution in [2.24, 2.45) is 0 Å². The number of hydrogen-bond donors (Lipinski definition) is 1. The van der Waals surface area contributed by atoms with E-state index in [0.29, 0.717) is 23.9 Å². The molecule has 0 fully saturated rings. The minimum Gasteiger partial charge on any atom is -0.462 e. The quantitative estimate of drug-likeness (QED) is 0.0215. The second-order valence-electron chi connectivity index (χ2n) is 16.1. The first-order chi connectivity index (χ1) is 25.5. The molecule has 0 aliphatic heterocycles. The first-order valence-corrected chi connectivity index (χ1v) is 23.4. The lowest BCUT2D eigenvalue weighted by molar-refractivity contribution is -0.870. The number of rotatable bonds is 40. The second kappa shape index (κ2) is 36.4. The molecule has 0 aromatic heterocycles. The van der Waals surface area contributed by atoms with E-state index in [-0.39, 0.29) is 25.6 Å². The number of phosphoric acid groups is 1. The van der Waals surface area contributed by atoms with Crippen LogP contribution in [-0.4, -0.2) is 74.9 Å². The van der Waals surface area contributed by atoms with Gasteiger partial charge < -0.3 is 18.9 Å². The van der Waals surface area contributed by atoms with Crippen molar-refractivity contribution >= 4 is 19.8 Å². The number of hydrogen-bond acceptors (Lipinski definition) is 7. The van der Waals surface area contributed by atoms with Gasteiger partial charge in [0.15, 0.2) is 6.10 Å². The molecule has 0 aromatic carbocycles. The minimum absolute atomic E-state index is 0.0346. The molecule has 0 radical (unpaired) electrons. The molecule has 1 N–H and O–H groups in total. The molecular weight excluding hydrogens is 689 g/mol. The summed E-state index contributed by atoms with van der Waals surface area (Å²) >= 11 is 0. The molecule has 53 heavy (non-hydrogen) atoms. The summed E-state index contributed by atoms with van der Waals surface area (Å²) in [5.41, 5.74) is 0. The Balaban J connectivity index is 4.16. The van der Waals surface area contributed by atoms with Crippen LogP contribution in [0.15, 0.2) is 12.2 Å². The Kier molecular flexibility index (Phi) is 35.5. The van der Waals surface area contributed by atoms with Crippen LogP contribution in [0.3, 0.4) is 0 Å². The zero-order valence-corrected chi connectivity index (χ0v) is 36.2. The van der Waals surface area contributed by atoms with Crippen LogP contribution >= 0.6 is 7.82 Å². The zero-order valence-electron chi connectivity index (χ0n) is 35.3. The zero-order chi connectivity index (χ0) is 39.3. The molecule has 314 valence electrons. The molecule has 10 heteroatoms. The van der Waals surface area contributed by atoms with Gasteiger partial charge in [-0.2, -0.15) is 0 Å². The average molecular weight is 775 g/mol. The van der Waals surface area contributed by atoms with E-state index in [1.807, 2.05) is 21.1 Å². The largest absolute Gasteiger partial charge is 0.472 e. The van der Waals surface area contributed by atoms with E-state index in [1.165, 1.54) is 135 Å². The maximum atomic E-state index is 12.6. The summed E-state index contributed by atoms with van der Waals surface area (Å²) in [5.74, 6) is -0.796. The van der Waals surface area contributed by atoms with Gasteiger partial charge in [0.1, 0.15) is 19.8 Å². The van der Waals surface area contributed by atoms with Gasteiger partial charge in [-0.3, -0.25) is 18.6 Å². The number of esters is 2. The summed E-state index contributed by atoms with van der Waals surface area (Å²) in [7, 11) is 1.48. The van der Waals surface area contributed by atoms with Crippen LogP contribution in [0.1, 0.15) is 200 Å². The van der Waals surface area contributed by atoms with Crippen LogP contribution in [0.5, 0.6) is 0 Å². The van der Waals surface area contributed by atoms with Crippen molar-refractivity contribution in [1.82, 2.24) is 0 Å². The van der Waals surface area contributed by atoms with Gasteiger partial charge in [-0.1, -0.05) is 161 Å². The van der Waals surface area contributed by atoms with Gasteiger partial charge in [-0.05, 0) is 38.5 Å². The lowest BCUT2D eigenvalue weighted by Gasteiger charge is -2.24. The Hall–Kier alpha value is -1.25. The lowest BCUT2D eigenvalue weighted by Crippen LogP contribution is -2.37. The summed E-state index contributed by atoms with van der Waals surface area (Å²) in [6.07, 6.45) is 37.0. The van der Waals surface area contributed by atoms with E-state index in [9.17, 15) is 19.0 Å². The summed E-state index contributed by atoms with van der Waals surface area (Å²) in [4.78, 5) is 35.2. The number of carbonyl (C=O) groups excluding carboxylic acids is 2. The van der Waals surface area contributed by atoms with Gasteiger partial charge >= 0.3 is 19.8 Å². The first-order valence-electron chi connectivity index (χ1n) is 21.9. The Morgan fingerprint density at radius 2 is 0.962 bits per heavy atom. The SMILES string of the molecule is CCCCCCCC/C=C/CCCCCCCCCCCCCC(=O)OC[C@@H](COP(=O)(O)OCC[N+](C)(C)C)OC(=O)CCCCCCCCCC. The number of ether oxygens (including phenoxy) is 2. The molecule has 0 spiro atoms. The highest BCUT2D eigenvalue weighted by molar-refractivity contribution is 7.47. The van der Waals surface area contributed by atoms with Crippen molar-refractivity contribution in [1.29, 1.82) is 0 Å². The van der Waals surface area contributed by atoms with Crippen LogP contribution in [0.25, 0.3) is 0 Å². The highest BCUT2D eigenvalue weighted by atomic mass is 31.2. The van der Waals surface area contributed by atoms with Crippen molar-refractivity contribution in [2.45, 2.75) is 206 Å². The minimum atomic E-state index is -4.36. The molecule has 0 saturated carbocycles. The smallest absolute Gasteiger partial charge is 0.462 e. The monoisotopic (exact) mass is 775 g/mol. The van der Waals surface area contributed by atoms with Gasteiger partial charge in [-0.15, -0.1) is 0 Å². The third-order valence-electron chi connectivity index (χ3n) is 9.55. The van der Waals surface area contributed by atoms with Crippen LogP contribution in [0, 0.1) is 0 Å². The molecule has 0 aliphatic rings. The number of allylic oxidation sites excluding steroid dienone is 2. The van der Waals surface area contributed by atoms with E-state index < -0.39 is 26.5 Å². The number of phosphoric ester groups is 1. The predicted octanol–water partition coefficient (Wildman–Crippen LogP) is 12.2. The van der Waals surface area contributed by atoms with Crippen molar-refractivity contribution < 1.29 is 42.1 Å². The maximum Gasteiger partial charge on any atom is 0.472 e. The summed E-state index contributed by atoms with van der Waals surface area (Å²) in [5, 5.41) is 0. The number of nitrogens with zero attached hydrogens (tertiary/aromatic N) is 1. The normalized spacial score (nSPS) is 13.7. The molecular formula is C43H85NO8P+. The number of likely N-dealkylation sites (N-methyl/N-ethyl adjacent to an activating group) is 1. The van der Waals surface area contributed by atoms with E-state index in [2.05, 4.69) is 26.0 Å². The maximum absolute atomic E-state index is 12.6. The van der Waals surface area contributed by atoms with E-state index in [0.717, 1.165) is 32.1 Å². The summed E-state index contributed by atoms with van der Waals surface area (Å²) in [6, 6.07) is 0. The fourth-order valence-corrected chi connectivity index (χ4v) is 6.81. The average Bonchev–Trinajstić information content (AvgIpc) is 3.10. The molecule has 0 saturated heterocycles. The molecule has 2 atom stereocenters. The molecule has 0 aliphatic carbocycles. The Labute approximate surface area is 326 Å². The number of carbonyl (C=O) groups is 2. The Morgan fingerprint density at radius 1 is 0.566 bits per heavy atom. The molecule has 1 unspecified atom stereocenters. The highest BCUT2D eigenvalue weighted by Gasteiger charge is 2.27. The van der Waals surface area contributed by atoms with Crippen LogP contribution in [-0.2, 0) is 32.7 Å². The summed E-state index contributed by atoms with van der Waals surface area (Å²) < 4.78 is 34.2. The Bertz CT molecular complexity index is 922. The molecule has 0 heterocycles. The lowest BCUT2D eigenvalue weighted by atomic mass is 10.0. The molecule has 0 aromatic rings. The number of unbranched alkanes of at least 4 members (excludes halogenated alkanes) is 24. The van der Waals surface area contributed by atoms with Gasteiger partial charge in [0, 0.05) is 12.8 Å². The molecule has 0 amide bonds. The number of quaternary nitrogens is 1. The molecule has 0 rings (SSSR count). The molecule has 0 bridgehead atoms. The van der Waals surface area contributed by atoms with Crippen LogP contribution in [0.4, 0.5) is 0 Å². The Morgan fingerprint density at radius 3 is 1.40 bits per heavy atom. The van der Waals surface area contributed by atoms with Gasteiger partial charge in [0.25, 0.3) is 0 Å². The van der Waals surface area contributed by atoms with Crippen LogP contribution in [0.2, 0.25) is 0 Å².